The Labute approximate surface area is 251 Å². The lowest BCUT2D eigenvalue weighted by Gasteiger charge is -2.14. The van der Waals surface area contributed by atoms with Crippen LogP contribution < -0.4 is 9.47 Å². The number of thiophene rings is 1. The predicted molar refractivity (Wildman–Crippen MR) is 177 cm³/mol. The number of carbonyl (C=O) groups excluding carboxylic acids is 2. The third-order valence-corrected chi connectivity index (χ3v) is 8.68. The van der Waals surface area contributed by atoms with Crippen LogP contribution in [0.2, 0.25) is 0 Å². The van der Waals surface area contributed by atoms with Crippen LogP contribution in [0.5, 0.6) is 11.5 Å². The lowest BCUT2D eigenvalue weighted by molar-refractivity contribution is -0.129. The number of carbonyl (C=O) groups is 2. The van der Waals surface area contributed by atoms with E-state index in [1.165, 1.54) is 22.9 Å². The molecule has 0 aliphatic carbocycles. The summed E-state index contributed by atoms with van der Waals surface area (Å²) >= 11 is 1.71. The van der Waals surface area contributed by atoms with Gasteiger partial charge in [0.1, 0.15) is 11.5 Å². The summed E-state index contributed by atoms with van der Waals surface area (Å²) in [5.74, 6) is -0.0386. The number of para-hydroxylation sites is 2. The largest absolute Gasteiger partial charge is 0.423 e. The maximum Gasteiger partial charge on any atom is 0.335 e. The second-order valence-electron chi connectivity index (χ2n) is 10.0. The van der Waals surface area contributed by atoms with Crippen LogP contribution in [-0.4, -0.2) is 11.9 Å². The van der Waals surface area contributed by atoms with E-state index in [1.54, 1.807) is 23.5 Å². The Morgan fingerprint density at radius 3 is 1.30 bits per heavy atom. The Morgan fingerprint density at radius 1 is 0.512 bits per heavy atom. The zero-order chi connectivity index (χ0) is 29.5. The van der Waals surface area contributed by atoms with Crippen molar-refractivity contribution in [2.24, 2.45) is 0 Å². The topological polar surface area (TPSA) is 52.6 Å². The van der Waals surface area contributed by atoms with Crippen molar-refractivity contribution in [1.29, 1.82) is 0 Å². The van der Waals surface area contributed by atoms with Crippen molar-refractivity contribution >= 4 is 65.0 Å². The Kier molecular flexibility index (Phi) is 6.57. The zero-order valence-electron chi connectivity index (χ0n) is 23.0. The molecule has 7 rings (SSSR count). The molecule has 0 amide bonds. The Hall–Kier alpha value is -5.52. The van der Waals surface area contributed by atoms with Crippen molar-refractivity contribution in [2.45, 2.75) is 0 Å². The molecule has 0 spiro atoms. The first-order valence-electron chi connectivity index (χ1n) is 13.7. The van der Waals surface area contributed by atoms with Gasteiger partial charge in [-0.05, 0) is 56.9 Å². The highest BCUT2D eigenvalue weighted by Gasteiger charge is 2.20. The Bertz CT molecular complexity index is 2110. The smallest absolute Gasteiger partial charge is 0.335 e. The highest BCUT2D eigenvalue weighted by atomic mass is 32.1. The van der Waals surface area contributed by atoms with Crippen LogP contribution in [-0.2, 0) is 9.59 Å². The van der Waals surface area contributed by atoms with Crippen molar-refractivity contribution < 1.29 is 19.1 Å². The highest BCUT2D eigenvalue weighted by Crippen LogP contribution is 2.48. The Balaban J connectivity index is 1.55. The van der Waals surface area contributed by atoms with E-state index in [-0.39, 0.29) is 0 Å². The van der Waals surface area contributed by atoms with E-state index in [2.05, 4.69) is 61.7 Å². The van der Waals surface area contributed by atoms with Gasteiger partial charge in [0.25, 0.3) is 0 Å². The molecule has 1 heterocycles. The van der Waals surface area contributed by atoms with Crippen LogP contribution in [0.4, 0.5) is 0 Å². The quantitative estimate of drug-likeness (QED) is 0.112. The molecule has 0 unspecified atom stereocenters. The summed E-state index contributed by atoms with van der Waals surface area (Å²) in [6.07, 6.45) is 2.34. The number of ether oxygens (including phenoxy) is 2. The van der Waals surface area contributed by atoms with Crippen LogP contribution in [0.15, 0.2) is 135 Å². The van der Waals surface area contributed by atoms with Crippen molar-refractivity contribution in [3.05, 3.63) is 135 Å². The van der Waals surface area contributed by atoms with Crippen molar-refractivity contribution in [3.63, 3.8) is 0 Å². The molecule has 7 aromatic rings. The third kappa shape index (κ3) is 4.47. The van der Waals surface area contributed by atoms with Gasteiger partial charge in [0.2, 0.25) is 0 Å². The fraction of sp³-hybridized carbons (Fsp3) is 0. The van der Waals surface area contributed by atoms with E-state index >= 15 is 0 Å². The molecular formula is C38H24O4S. The van der Waals surface area contributed by atoms with E-state index < -0.39 is 11.9 Å². The normalized spacial score (nSPS) is 11.2. The van der Waals surface area contributed by atoms with E-state index in [0.717, 1.165) is 53.2 Å². The van der Waals surface area contributed by atoms with Gasteiger partial charge in [-0.2, -0.15) is 0 Å². The van der Waals surface area contributed by atoms with Crippen LogP contribution in [0.3, 0.4) is 0 Å². The van der Waals surface area contributed by atoms with Gasteiger partial charge in [-0.15, -0.1) is 11.3 Å². The van der Waals surface area contributed by atoms with Crippen LogP contribution >= 0.6 is 11.3 Å². The SMILES string of the molecule is C=CC(=O)Oc1ccccc1-c1cc2sc3cc(-c4ccccc4OC(=O)C=C)c4ccccc4c3c2c2ccccc12. The van der Waals surface area contributed by atoms with Crippen LogP contribution in [0.25, 0.3) is 64.0 Å². The molecule has 0 bridgehead atoms. The molecule has 0 N–H and O–H groups in total. The van der Waals surface area contributed by atoms with Gasteiger partial charge >= 0.3 is 11.9 Å². The van der Waals surface area contributed by atoms with Gasteiger partial charge < -0.3 is 9.47 Å². The van der Waals surface area contributed by atoms with E-state index in [4.69, 9.17) is 9.47 Å². The summed E-state index contributed by atoms with van der Waals surface area (Å²) in [7, 11) is 0. The summed E-state index contributed by atoms with van der Waals surface area (Å²) < 4.78 is 13.5. The molecule has 0 fully saturated rings. The molecule has 1 aromatic heterocycles. The summed E-state index contributed by atoms with van der Waals surface area (Å²) in [6.45, 7) is 7.10. The average molecular weight is 577 g/mol. The molecule has 4 nitrogen and oxygen atoms in total. The molecule has 0 aliphatic heterocycles. The van der Waals surface area contributed by atoms with Crippen molar-refractivity contribution in [2.75, 3.05) is 0 Å². The van der Waals surface area contributed by atoms with Gasteiger partial charge in [-0.1, -0.05) is 98.1 Å². The molecule has 0 aliphatic rings. The van der Waals surface area contributed by atoms with Crippen LogP contribution in [0, 0.1) is 0 Å². The van der Waals surface area contributed by atoms with Gasteiger partial charge in [-0.3, -0.25) is 0 Å². The van der Waals surface area contributed by atoms with E-state index in [0.29, 0.717) is 11.5 Å². The fourth-order valence-corrected chi connectivity index (χ4v) is 7.02. The highest BCUT2D eigenvalue weighted by molar-refractivity contribution is 7.26. The molecule has 0 radical (unpaired) electrons. The number of rotatable bonds is 6. The second-order valence-corrected chi connectivity index (χ2v) is 11.1. The standard InChI is InChI=1S/C38H24O4S/c1-3-35(39)41-31-19-11-9-15-25(31)29-21-33-37(27-17-7-5-13-23(27)29)38-28-18-8-6-14-24(28)30(22-34(38)43-33)26-16-10-12-20-32(26)42-36(40)4-2/h3-22H,1-2H2. The number of hydrogen-bond donors (Lipinski definition) is 0. The molecule has 0 atom stereocenters. The van der Waals surface area contributed by atoms with Crippen molar-refractivity contribution in [1.82, 2.24) is 0 Å². The number of hydrogen-bond acceptors (Lipinski definition) is 5. The molecule has 206 valence electrons. The number of fused-ring (bicyclic) bond motifs is 7. The minimum Gasteiger partial charge on any atom is -0.423 e. The van der Waals surface area contributed by atoms with Gasteiger partial charge in [-0.25, -0.2) is 9.59 Å². The van der Waals surface area contributed by atoms with Gasteiger partial charge in [0.05, 0.1) is 0 Å². The minimum absolute atomic E-state index is 0.483. The van der Waals surface area contributed by atoms with E-state index in [1.807, 2.05) is 48.5 Å². The third-order valence-electron chi connectivity index (χ3n) is 7.60. The summed E-state index contributed by atoms with van der Waals surface area (Å²) in [5, 5.41) is 6.70. The molecule has 43 heavy (non-hydrogen) atoms. The summed E-state index contributed by atoms with van der Waals surface area (Å²) in [5.41, 5.74) is 3.62. The second kappa shape index (κ2) is 10.7. The maximum absolute atomic E-state index is 12.2. The monoisotopic (exact) mass is 576 g/mol. The van der Waals surface area contributed by atoms with E-state index in [9.17, 15) is 9.59 Å². The molecule has 6 aromatic carbocycles. The molecule has 0 saturated carbocycles. The molecular weight excluding hydrogens is 552 g/mol. The number of esters is 2. The predicted octanol–water partition coefficient (Wildman–Crippen LogP) is 9.88. The first-order chi connectivity index (χ1) is 21.1. The van der Waals surface area contributed by atoms with Gasteiger partial charge in [0.15, 0.2) is 0 Å². The first kappa shape index (κ1) is 26.4. The summed E-state index contributed by atoms with van der Waals surface area (Å²) in [4.78, 5) is 24.3. The van der Waals surface area contributed by atoms with Gasteiger partial charge in [0, 0.05) is 43.5 Å². The average Bonchev–Trinajstić information content (AvgIpc) is 3.43. The maximum atomic E-state index is 12.2. The minimum atomic E-state index is -0.502. The zero-order valence-corrected chi connectivity index (χ0v) is 23.8. The Morgan fingerprint density at radius 2 is 0.884 bits per heavy atom. The van der Waals surface area contributed by atoms with Crippen molar-refractivity contribution in [3.8, 4) is 33.8 Å². The number of benzene rings is 6. The first-order valence-corrected chi connectivity index (χ1v) is 14.6. The lowest BCUT2D eigenvalue weighted by atomic mass is 9.91. The van der Waals surface area contributed by atoms with Crippen LogP contribution in [0.1, 0.15) is 0 Å². The lowest BCUT2D eigenvalue weighted by Crippen LogP contribution is -2.04. The fourth-order valence-electron chi connectivity index (χ4n) is 5.80. The molecule has 0 saturated heterocycles. The molecule has 5 heteroatoms. The summed E-state index contributed by atoms with van der Waals surface area (Å²) in [6, 6.07) is 36.2.